The van der Waals surface area contributed by atoms with E-state index in [1.807, 2.05) is 0 Å². The lowest BCUT2D eigenvalue weighted by Gasteiger charge is -2.12. The van der Waals surface area contributed by atoms with Crippen molar-refractivity contribution >= 4 is 34.9 Å². The van der Waals surface area contributed by atoms with Gasteiger partial charge in [-0.2, -0.15) is 0 Å². The first kappa shape index (κ1) is 18.4. The molecule has 0 unspecified atom stereocenters. The minimum absolute atomic E-state index is 0.0459. The van der Waals surface area contributed by atoms with Crippen molar-refractivity contribution in [2.24, 2.45) is 0 Å². The van der Waals surface area contributed by atoms with Crippen LogP contribution in [0.3, 0.4) is 0 Å². The van der Waals surface area contributed by atoms with Crippen molar-refractivity contribution in [1.29, 1.82) is 0 Å². The Morgan fingerprint density at radius 3 is 2.59 bits per heavy atom. The summed E-state index contributed by atoms with van der Waals surface area (Å²) in [5.41, 5.74) is 1.57. The summed E-state index contributed by atoms with van der Waals surface area (Å²) >= 11 is 0. The number of aromatic nitrogens is 1. The number of fused-ring (bicyclic) bond motifs is 1. The molecule has 0 bridgehead atoms. The zero-order valence-corrected chi connectivity index (χ0v) is 15.1. The number of nitrogens with zero attached hydrogens (tertiary/aromatic N) is 2. The third kappa shape index (κ3) is 3.47. The number of benzene rings is 2. The van der Waals surface area contributed by atoms with Crippen LogP contribution < -0.4 is 5.32 Å². The number of carboxylic acids is 1. The summed E-state index contributed by atoms with van der Waals surface area (Å²) in [6.45, 7) is -0.418. The standard InChI is InChI=1S/C21H16FN3O4/c22-16-7-3-1-5-13(16)11-25-20(28)17(23-21(25)29)9-14-10-24(12-19(26)27)18-8-4-2-6-15(14)18/h1-10H,11-12H2,(H,23,29)(H,26,27). The Morgan fingerprint density at radius 1 is 1.10 bits per heavy atom. The maximum atomic E-state index is 13.9. The third-order valence-corrected chi connectivity index (χ3v) is 4.67. The maximum Gasteiger partial charge on any atom is 0.329 e. The second-order valence-corrected chi connectivity index (χ2v) is 6.59. The average Bonchev–Trinajstić information content (AvgIpc) is 3.15. The van der Waals surface area contributed by atoms with Crippen LogP contribution in [0.2, 0.25) is 0 Å². The number of hydrogen-bond donors (Lipinski definition) is 2. The van der Waals surface area contributed by atoms with Crippen LogP contribution in [0.25, 0.3) is 17.0 Å². The number of nitrogens with one attached hydrogen (secondary N) is 1. The normalized spacial score (nSPS) is 15.3. The Bertz CT molecular complexity index is 1180. The van der Waals surface area contributed by atoms with Crippen LogP contribution >= 0.6 is 0 Å². The van der Waals surface area contributed by atoms with E-state index in [0.717, 1.165) is 10.3 Å². The predicted molar refractivity (Wildman–Crippen MR) is 103 cm³/mol. The fourth-order valence-corrected chi connectivity index (χ4v) is 3.33. The van der Waals surface area contributed by atoms with E-state index in [1.54, 1.807) is 41.1 Å². The first-order valence-electron chi connectivity index (χ1n) is 8.81. The molecule has 1 aliphatic rings. The van der Waals surface area contributed by atoms with Crippen molar-refractivity contribution < 1.29 is 23.9 Å². The van der Waals surface area contributed by atoms with Gasteiger partial charge in [0.15, 0.2) is 0 Å². The van der Waals surface area contributed by atoms with Gasteiger partial charge in [-0.15, -0.1) is 0 Å². The predicted octanol–water partition coefficient (Wildman–Crippen LogP) is 2.96. The lowest BCUT2D eigenvalue weighted by atomic mass is 10.1. The Hall–Kier alpha value is -3.94. The van der Waals surface area contributed by atoms with Gasteiger partial charge < -0.3 is 15.0 Å². The largest absolute Gasteiger partial charge is 0.480 e. The van der Waals surface area contributed by atoms with Crippen LogP contribution in [0.5, 0.6) is 0 Å². The molecule has 3 amide bonds. The number of carboxylic acid groups (broad SMARTS) is 1. The van der Waals surface area contributed by atoms with Gasteiger partial charge >= 0.3 is 12.0 Å². The molecule has 0 aliphatic carbocycles. The highest BCUT2D eigenvalue weighted by Gasteiger charge is 2.34. The van der Waals surface area contributed by atoms with Gasteiger partial charge in [0.05, 0.1) is 6.54 Å². The number of halogens is 1. The Labute approximate surface area is 164 Å². The number of urea groups is 1. The highest BCUT2D eigenvalue weighted by molar-refractivity contribution is 6.14. The van der Waals surface area contributed by atoms with E-state index in [4.69, 9.17) is 5.11 Å². The summed E-state index contributed by atoms with van der Waals surface area (Å²) in [5, 5.41) is 12.4. The summed E-state index contributed by atoms with van der Waals surface area (Å²) in [6.07, 6.45) is 3.12. The molecule has 3 aromatic rings. The van der Waals surface area contributed by atoms with E-state index in [-0.39, 0.29) is 24.4 Å². The molecule has 0 radical (unpaired) electrons. The van der Waals surface area contributed by atoms with Crippen molar-refractivity contribution in [3.63, 3.8) is 0 Å². The number of amides is 3. The van der Waals surface area contributed by atoms with E-state index in [0.29, 0.717) is 11.1 Å². The molecule has 0 saturated carbocycles. The monoisotopic (exact) mass is 393 g/mol. The summed E-state index contributed by atoms with van der Waals surface area (Å²) in [4.78, 5) is 37.0. The van der Waals surface area contributed by atoms with Crippen LogP contribution in [0, 0.1) is 5.82 Å². The molecule has 1 saturated heterocycles. The molecule has 1 aliphatic heterocycles. The molecule has 1 fully saturated rings. The van der Waals surface area contributed by atoms with E-state index in [9.17, 15) is 18.8 Å². The molecule has 2 N–H and O–H groups in total. The van der Waals surface area contributed by atoms with Gasteiger partial charge in [-0.1, -0.05) is 36.4 Å². The molecule has 146 valence electrons. The molecule has 7 nitrogen and oxygen atoms in total. The summed E-state index contributed by atoms with van der Waals surface area (Å²) in [5.74, 6) is -2.07. The Morgan fingerprint density at radius 2 is 1.83 bits per heavy atom. The van der Waals surface area contributed by atoms with Gasteiger partial charge in [-0.3, -0.25) is 14.5 Å². The fraction of sp³-hybridized carbons (Fsp3) is 0.0952. The second kappa shape index (κ2) is 7.23. The van der Waals surface area contributed by atoms with Crippen LogP contribution in [0.4, 0.5) is 9.18 Å². The van der Waals surface area contributed by atoms with Crippen LogP contribution in [0.1, 0.15) is 11.1 Å². The van der Waals surface area contributed by atoms with Gasteiger partial charge in [0.1, 0.15) is 18.1 Å². The zero-order chi connectivity index (χ0) is 20.5. The number of carbonyl (C=O) groups excluding carboxylic acids is 2. The van der Waals surface area contributed by atoms with E-state index in [1.165, 1.54) is 24.3 Å². The summed E-state index contributed by atoms with van der Waals surface area (Å²) in [7, 11) is 0. The number of para-hydroxylation sites is 1. The molecule has 2 aromatic carbocycles. The lowest BCUT2D eigenvalue weighted by Crippen LogP contribution is -2.30. The molecule has 29 heavy (non-hydrogen) atoms. The lowest BCUT2D eigenvalue weighted by molar-refractivity contribution is -0.137. The molecular formula is C21H16FN3O4. The van der Waals surface area contributed by atoms with Gasteiger partial charge in [0.2, 0.25) is 0 Å². The molecule has 0 spiro atoms. The number of rotatable bonds is 5. The van der Waals surface area contributed by atoms with E-state index >= 15 is 0 Å². The minimum Gasteiger partial charge on any atom is -0.480 e. The molecule has 0 atom stereocenters. The van der Waals surface area contributed by atoms with Crippen molar-refractivity contribution in [2.45, 2.75) is 13.1 Å². The van der Waals surface area contributed by atoms with Crippen LogP contribution in [-0.2, 0) is 22.7 Å². The van der Waals surface area contributed by atoms with Gasteiger partial charge in [-0.05, 0) is 18.2 Å². The zero-order valence-electron chi connectivity index (χ0n) is 15.1. The average molecular weight is 393 g/mol. The number of carbonyl (C=O) groups is 3. The third-order valence-electron chi connectivity index (χ3n) is 4.67. The Balaban J connectivity index is 1.67. The van der Waals surface area contributed by atoms with Crippen molar-refractivity contribution in [3.05, 3.63) is 77.4 Å². The molecule has 4 rings (SSSR count). The number of imide groups is 1. The fourth-order valence-electron chi connectivity index (χ4n) is 3.33. The van der Waals surface area contributed by atoms with Gasteiger partial charge in [-0.25, -0.2) is 9.18 Å². The highest BCUT2D eigenvalue weighted by atomic mass is 19.1. The van der Waals surface area contributed by atoms with Crippen molar-refractivity contribution in [1.82, 2.24) is 14.8 Å². The van der Waals surface area contributed by atoms with E-state index in [2.05, 4.69) is 5.32 Å². The van der Waals surface area contributed by atoms with Gasteiger partial charge in [0.25, 0.3) is 5.91 Å². The Kier molecular flexibility index (Phi) is 4.59. The summed E-state index contributed by atoms with van der Waals surface area (Å²) < 4.78 is 15.4. The number of hydrogen-bond acceptors (Lipinski definition) is 3. The number of aliphatic carboxylic acids is 1. The van der Waals surface area contributed by atoms with Crippen molar-refractivity contribution in [3.8, 4) is 0 Å². The molecule has 1 aromatic heterocycles. The van der Waals surface area contributed by atoms with Crippen molar-refractivity contribution in [2.75, 3.05) is 0 Å². The molecule has 2 heterocycles. The highest BCUT2D eigenvalue weighted by Crippen LogP contribution is 2.25. The maximum absolute atomic E-state index is 13.9. The first-order valence-corrected chi connectivity index (χ1v) is 8.81. The first-order chi connectivity index (χ1) is 13.9. The SMILES string of the molecule is O=C(O)Cn1cc(C=C2NC(=O)N(Cc3ccccc3F)C2=O)c2ccccc21. The topological polar surface area (TPSA) is 91.6 Å². The molecule has 8 heteroatoms. The smallest absolute Gasteiger partial charge is 0.329 e. The minimum atomic E-state index is -0.994. The van der Waals surface area contributed by atoms with E-state index < -0.39 is 23.7 Å². The molecular weight excluding hydrogens is 377 g/mol. The second-order valence-electron chi connectivity index (χ2n) is 6.59. The quantitative estimate of drug-likeness (QED) is 0.515. The summed E-state index contributed by atoms with van der Waals surface area (Å²) in [6, 6.07) is 12.5. The van der Waals surface area contributed by atoms with Gasteiger partial charge in [0, 0.05) is 28.2 Å². The van der Waals surface area contributed by atoms with Crippen LogP contribution in [0.15, 0.2) is 60.4 Å². The van der Waals surface area contributed by atoms with Crippen LogP contribution in [-0.4, -0.2) is 32.5 Å².